The zero-order valence-electron chi connectivity index (χ0n) is 9.11. The highest BCUT2D eigenvalue weighted by Gasteiger charge is 2.03. The predicted molar refractivity (Wildman–Crippen MR) is 71.0 cm³/mol. The van der Waals surface area contributed by atoms with E-state index in [-0.39, 0.29) is 6.10 Å². The molecule has 2 rings (SSSR count). The Kier molecular flexibility index (Phi) is 3.61. The van der Waals surface area contributed by atoms with Gasteiger partial charge in [-0.1, -0.05) is 0 Å². The maximum atomic E-state index is 5.58. The van der Waals surface area contributed by atoms with Crippen LogP contribution in [0.4, 0.5) is 0 Å². The Labute approximate surface area is 107 Å². The third-order valence-corrected chi connectivity index (χ3v) is 3.55. The van der Waals surface area contributed by atoms with Crippen LogP contribution in [0.3, 0.4) is 0 Å². The molecule has 16 heavy (non-hydrogen) atoms. The molecule has 4 heteroatoms. The van der Waals surface area contributed by atoms with E-state index in [1.807, 2.05) is 43.5 Å². The first-order valence-corrected chi connectivity index (χ1v) is 6.70. The van der Waals surface area contributed by atoms with E-state index in [1.165, 1.54) is 0 Å². The van der Waals surface area contributed by atoms with Gasteiger partial charge in [-0.2, -0.15) is 0 Å². The quantitative estimate of drug-likeness (QED) is 0.840. The van der Waals surface area contributed by atoms with Crippen molar-refractivity contribution < 1.29 is 4.74 Å². The van der Waals surface area contributed by atoms with Crippen LogP contribution in [0.1, 0.15) is 13.8 Å². The number of nitrogens with zero attached hydrogens (tertiary/aromatic N) is 1. The Morgan fingerprint density at radius 2 is 1.94 bits per heavy atom. The van der Waals surface area contributed by atoms with Crippen LogP contribution in [0.2, 0.25) is 0 Å². The summed E-state index contributed by atoms with van der Waals surface area (Å²) in [6, 6.07) is 8.02. The van der Waals surface area contributed by atoms with Gasteiger partial charge in [0.25, 0.3) is 0 Å². The molecule has 2 nitrogen and oxygen atoms in total. The predicted octanol–water partition coefficient (Wildman–Crippen LogP) is 4.36. The fourth-order valence-electron chi connectivity index (χ4n) is 1.33. The van der Waals surface area contributed by atoms with Gasteiger partial charge >= 0.3 is 0 Å². The number of hydrogen-bond acceptors (Lipinski definition) is 3. The number of benzene rings is 1. The van der Waals surface area contributed by atoms with Crippen molar-refractivity contribution in [3.63, 3.8) is 0 Å². The van der Waals surface area contributed by atoms with Crippen LogP contribution in [0.25, 0.3) is 10.6 Å². The maximum Gasteiger partial charge on any atom is 0.124 e. The van der Waals surface area contributed by atoms with Gasteiger partial charge in [0.05, 0.1) is 6.10 Å². The molecule has 0 fully saturated rings. The van der Waals surface area contributed by atoms with E-state index in [9.17, 15) is 0 Å². The first kappa shape index (κ1) is 11.6. The molecule has 0 N–H and O–H groups in total. The molecule has 0 aliphatic rings. The summed E-state index contributed by atoms with van der Waals surface area (Å²) < 4.78 is 6.47. The van der Waals surface area contributed by atoms with E-state index in [0.29, 0.717) is 0 Å². The van der Waals surface area contributed by atoms with Gasteiger partial charge in [0.2, 0.25) is 0 Å². The zero-order valence-corrected chi connectivity index (χ0v) is 11.5. The van der Waals surface area contributed by atoms with Crippen LogP contribution in [0.5, 0.6) is 5.75 Å². The van der Waals surface area contributed by atoms with E-state index in [0.717, 1.165) is 20.9 Å². The molecule has 0 spiro atoms. The molecular weight excluding hydrogens is 286 g/mol. The second-order valence-corrected chi connectivity index (χ2v) is 5.34. The normalized spacial score (nSPS) is 10.8. The van der Waals surface area contributed by atoms with Crippen molar-refractivity contribution in [1.82, 2.24) is 4.98 Å². The number of aromatic nitrogens is 1. The van der Waals surface area contributed by atoms with Gasteiger partial charge in [0, 0.05) is 10.9 Å². The lowest BCUT2D eigenvalue weighted by atomic mass is 10.2. The van der Waals surface area contributed by atoms with Gasteiger partial charge in [0.1, 0.15) is 15.4 Å². The van der Waals surface area contributed by atoms with E-state index in [2.05, 4.69) is 20.9 Å². The van der Waals surface area contributed by atoms with Crippen LogP contribution in [-0.4, -0.2) is 11.1 Å². The van der Waals surface area contributed by atoms with Crippen molar-refractivity contribution in [2.45, 2.75) is 20.0 Å². The summed E-state index contributed by atoms with van der Waals surface area (Å²) in [5, 5.41) is 3.00. The van der Waals surface area contributed by atoms with Gasteiger partial charge in [-0.25, -0.2) is 4.98 Å². The Morgan fingerprint density at radius 1 is 1.25 bits per heavy atom. The van der Waals surface area contributed by atoms with Crippen LogP contribution in [0.15, 0.2) is 34.2 Å². The number of rotatable bonds is 3. The average molecular weight is 298 g/mol. The zero-order chi connectivity index (χ0) is 11.5. The molecule has 0 bridgehead atoms. The van der Waals surface area contributed by atoms with Crippen molar-refractivity contribution in [1.29, 1.82) is 0 Å². The van der Waals surface area contributed by atoms with Gasteiger partial charge in [-0.05, 0) is 54.0 Å². The standard InChI is InChI=1S/C12H12BrNOS/c1-8(2)15-10-5-3-9(4-6-10)12-14-11(13)7-16-12/h3-8H,1-2H3. The minimum absolute atomic E-state index is 0.208. The summed E-state index contributed by atoms with van der Waals surface area (Å²) in [7, 11) is 0. The summed E-state index contributed by atoms with van der Waals surface area (Å²) in [6.45, 7) is 4.04. The fourth-order valence-corrected chi connectivity index (χ4v) is 2.59. The molecule has 0 aliphatic carbocycles. The molecule has 2 aromatic rings. The van der Waals surface area contributed by atoms with Gasteiger partial charge in [-0.3, -0.25) is 0 Å². The first-order valence-electron chi connectivity index (χ1n) is 5.03. The smallest absolute Gasteiger partial charge is 0.124 e. The molecule has 0 saturated carbocycles. The highest BCUT2D eigenvalue weighted by atomic mass is 79.9. The molecule has 0 amide bonds. The Hall–Kier alpha value is -0.870. The van der Waals surface area contributed by atoms with Crippen LogP contribution in [0, 0.1) is 0 Å². The second-order valence-electron chi connectivity index (χ2n) is 3.67. The van der Waals surface area contributed by atoms with E-state index in [1.54, 1.807) is 11.3 Å². The SMILES string of the molecule is CC(C)Oc1ccc(-c2nc(Br)cs2)cc1. The van der Waals surface area contributed by atoms with Crippen LogP contribution < -0.4 is 4.74 Å². The minimum Gasteiger partial charge on any atom is -0.491 e. The summed E-state index contributed by atoms with van der Waals surface area (Å²) >= 11 is 4.97. The molecule has 0 atom stereocenters. The Morgan fingerprint density at radius 3 is 2.44 bits per heavy atom. The lowest BCUT2D eigenvalue weighted by Gasteiger charge is -2.09. The van der Waals surface area contributed by atoms with Crippen molar-refractivity contribution >= 4 is 27.3 Å². The van der Waals surface area contributed by atoms with Crippen molar-refractivity contribution in [2.24, 2.45) is 0 Å². The van der Waals surface area contributed by atoms with Gasteiger partial charge < -0.3 is 4.74 Å². The number of halogens is 1. The van der Waals surface area contributed by atoms with Crippen LogP contribution >= 0.6 is 27.3 Å². The van der Waals surface area contributed by atoms with Crippen molar-refractivity contribution in [3.8, 4) is 16.3 Å². The molecule has 84 valence electrons. The molecule has 1 aromatic carbocycles. The van der Waals surface area contributed by atoms with Crippen molar-refractivity contribution in [3.05, 3.63) is 34.2 Å². The first-order chi connectivity index (χ1) is 7.65. The summed E-state index contributed by atoms with van der Waals surface area (Å²) in [5.74, 6) is 0.898. The van der Waals surface area contributed by atoms with Crippen molar-refractivity contribution in [2.75, 3.05) is 0 Å². The lowest BCUT2D eigenvalue weighted by Crippen LogP contribution is -2.05. The molecular formula is C12H12BrNOS. The number of thiazole rings is 1. The number of ether oxygens (including phenoxy) is 1. The molecule has 0 unspecified atom stereocenters. The van der Waals surface area contributed by atoms with E-state index < -0.39 is 0 Å². The molecule has 1 heterocycles. The third-order valence-electron chi connectivity index (χ3n) is 1.95. The second kappa shape index (κ2) is 4.97. The van der Waals surface area contributed by atoms with E-state index in [4.69, 9.17) is 4.74 Å². The molecule has 1 aromatic heterocycles. The molecule has 0 saturated heterocycles. The van der Waals surface area contributed by atoms with Gasteiger partial charge in [-0.15, -0.1) is 11.3 Å². The third kappa shape index (κ3) is 2.83. The van der Waals surface area contributed by atoms with Crippen LogP contribution in [-0.2, 0) is 0 Å². The topological polar surface area (TPSA) is 22.1 Å². The van der Waals surface area contributed by atoms with E-state index >= 15 is 0 Å². The summed E-state index contributed by atoms with van der Waals surface area (Å²) in [4.78, 5) is 4.37. The lowest BCUT2D eigenvalue weighted by molar-refractivity contribution is 0.242. The Balaban J connectivity index is 2.19. The van der Waals surface area contributed by atoms with Gasteiger partial charge in [0.15, 0.2) is 0 Å². The average Bonchev–Trinajstić information content (AvgIpc) is 2.65. The highest BCUT2D eigenvalue weighted by Crippen LogP contribution is 2.27. The Bertz CT molecular complexity index is 464. The number of hydrogen-bond donors (Lipinski definition) is 0. The highest BCUT2D eigenvalue weighted by molar-refractivity contribution is 9.10. The largest absolute Gasteiger partial charge is 0.491 e. The molecule has 0 aliphatic heterocycles. The minimum atomic E-state index is 0.208. The molecule has 0 radical (unpaired) electrons. The monoisotopic (exact) mass is 297 g/mol. The summed E-state index contributed by atoms with van der Waals surface area (Å²) in [5.41, 5.74) is 1.12. The summed E-state index contributed by atoms with van der Waals surface area (Å²) in [6.07, 6.45) is 0.208. The fraction of sp³-hybridized carbons (Fsp3) is 0.250. The maximum absolute atomic E-state index is 5.58.